The number of fused-ring (bicyclic) bond motifs is 1. The largest absolute Gasteiger partial charge is 0.480 e. The van der Waals surface area contributed by atoms with Crippen LogP contribution in [-0.4, -0.2) is 35.9 Å². The first-order valence-corrected chi connectivity index (χ1v) is 8.43. The Labute approximate surface area is 156 Å². The second kappa shape index (κ2) is 6.22. The quantitative estimate of drug-likeness (QED) is 0.734. The third-order valence-corrected chi connectivity index (χ3v) is 5.04. The van der Waals surface area contributed by atoms with Crippen molar-refractivity contribution in [2.75, 3.05) is 0 Å². The number of hydrogen-bond donors (Lipinski definition) is 1. The lowest BCUT2D eigenvalue weighted by Gasteiger charge is -2.15. The summed E-state index contributed by atoms with van der Waals surface area (Å²) in [6, 6.07) is 5.49. The summed E-state index contributed by atoms with van der Waals surface area (Å²) in [5, 5.41) is 21.2. The van der Waals surface area contributed by atoms with Crippen LogP contribution in [0.2, 0.25) is 10.0 Å². The van der Waals surface area contributed by atoms with Gasteiger partial charge in [0.25, 0.3) is 5.56 Å². The van der Waals surface area contributed by atoms with Gasteiger partial charge in [-0.3, -0.25) is 9.36 Å². The number of aliphatic carboxylic acids is 1. The van der Waals surface area contributed by atoms with Crippen molar-refractivity contribution in [2.45, 2.75) is 18.9 Å². The van der Waals surface area contributed by atoms with Crippen LogP contribution in [0.1, 0.15) is 18.2 Å². The molecule has 132 valence electrons. The van der Waals surface area contributed by atoms with Crippen LogP contribution in [0.5, 0.6) is 0 Å². The predicted molar refractivity (Wildman–Crippen MR) is 93.9 cm³/mol. The standard InChI is InChI=1S/C16H11Cl2N5O3/c17-8-1-2-11(22-7-19-20-21-22)9(5-8)10-6-14(24)23-12(15(10)18)3-4-13(23)16(25)26/h1-2,5-7,13H,3-4H2,(H,25,26)/t13-/m0/s1. The smallest absolute Gasteiger partial charge is 0.326 e. The van der Waals surface area contributed by atoms with Crippen molar-refractivity contribution in [1.82, 2.24) is 24.8 Å². The van der Waals surface area contributed by atoms with Crippen molar-refractivity contribution in [3.8, 4) is 16.8 Å². The fourth-order valence-electron chi connectivity index (χ4n) is 3.25. The van der Waals surface area contributed by atoms with Gasteiger partial charge in [0.15, 0.2) is 0 Å². The molecule has 2 aromatic heterocycles. The summed E-state index contributed by atoms with van der Waals surface area (Å²) >= 11 is 12.7. The molecule has 4 rings (SSSR count). The number of carboxylic acids is 1. The first-order valence-electron chi connectivity index (χ1n) is 7.67. The van der Waals surface area contributed by atoms with Gasteiger partial charge < -0.3 is 5.11 Å². The van der Waals surface area contributed by atoms with Crippen LogP contribution in [0.4, 0.5) is 0 Å². The molecule has 1 N–H and O–H groups in total. The molecule has 1 aromatic carbocycles. The first kappa shape index (κ1) is 16.7. The van der Waals surface area contributed by atoms with Gasteiger partial charge in [-0.25, -0.2) is 4.79 Å². The minimum Gasteiger partial charge on any atom is -0.480 e. The summed E-state index contributed by atoms with van der Waals surface area (Å²) in [6.45, 7) is 0. The third kappa shape index (κ3) is 2.58. The maximum absolute atomic E-state index is 12.6. The number of rotatable bonds is 3. The number of benzene rings is 1. The molecule has 1 aliphatic heterocycles. The van der Waals surface area contributed by atoms with Gasteiger partial charge in [-0.05, 0) is 41.5 Å². The SMILES string of the molecule is O=C(O)[C@@H]1CCc2c(Cl)c(-c3cc(Cl)ccc3-n3cnnn3)cc(=O)n21. The van der Waals surface area contributed by atoms with Crippen LogP contribution in [0.3, 0.4) is 0 Å². The molecule has 26 heavy (non-hydrogen) atoms. The Morgan fingerprint density at radius 3 is 2.73 bits per heavy atom. The van der Waals surface area contributed by atoms with Gasteiger partial charge in [0, 0.05) is 27.9 Å². The molecule has 0 aliphatic carbocycles. The first-order chi connectivity index (χ1) is 12.5. The molecular formula is C16H11Cl2N5O3. The number of tetrazole rings is 1. The molecule has 1 atom stereocenters. The van der Waals surface area contributed by atoms with E-state index >= 15 is 0 Å². The molecule has 0 saturated carbocycles. The lowest BCUT2D eigenvalue weighted by molar-refractivity contribution is -0.140. The fourth-order valence-corrected chi connectivity index (χ4v) is 3.76. The second-order valence-electron chi connectivity index (χ2n) is 5.84. The van der Waals surface area contributed by atoms with E-state index < -0.39 is 17.6 Å². The summed E-state index contributed by atoms with van der Waals surface area (Å²) in [7, 11) is 0. The van der Waals surface area contributed by atoms with Gasteiger partial charge in [0.2, 0.25) is 0 Å². The molecule has 0 bridgehead atoms. The minimum atomic E-state index is -1.05. The van der Waals surface area contributed by atoms with E-state index in [-0.39, 0.29) is 0 Å². The molecule has 1 aliphatic rings. The molecular weight excluding hydrogens is 381 g/mol. The Kier molecular flexibility index (Phi) is 4.01. The van der Waals surface area contributed by atoms with Gasteiger partial charge in [0.1, 0.15) is 12.4 Å². The van der Waals surface area contributed by atoms with Gasteiger partial charge in [-0.15, -0.1) is 5.10 Å². The van der Waals surface area contributed by atoms with Gasteiger partial charge in [0.05, 0.1) is 10.7 Å². The zero-order valence-electron chi connectivity index (χ0n) is 13.1. The van der Waals surface area contributed by atoms with Crippen molar-refractivity contribution < 1.29 is 9.90 Å². The number of carboxylic acid groups (broad SMARTS) is 1. The van der Waals surface area contributed by atoms with E-state index in [1.54, 1.807) is 18.2 Å². The Balaban J connectivity index is 1.97. The highest BCUT2D eigenvalue weighted by molar-refractivity contribution is 6.34. The molecule has 0 unspecified atom stereocenters. The monoisotopic (exact) mass is 391 g/mol. The number of nitrogens with zero attached hydrogens (tertiary/aromatic N) is 5. The Morgan fingerprint density at radius 1 is 1.23 bits per heavy atom. The second-order valence-corrected chi connectivity index (χ2v) is 6.65. The summed E-state index contributed by atoms with van der Waals surface area (Å²) in [5.41, 5.74) is 1.71. The number of halogens is 2. The Bertz CT molecular complexity index is 1080. The summed E-state index contributed by atoms with van der Waals surface area (Å²) in [5.74, 6) is -1.05. The highest BCUT2D eigenvalue weighted by Gasteiger charge is 2.32. The number of carbonyl (C=O) groups is 1. The van der Waals surface area contributed by atoms with Crippen LogP contribution in [0.15, 0.2) is 35.4 Å². The van der Waals surface area contributed by atoms with E-state index in [9.17, 15) is 14.7 Å². The summed E-state index contributed by atoms with van der Waals surface area (Å²) in [6.07, 6.45) is 2.14. The van der Waals surface area contributed by atoms with E-state index in [1.165, 1.54) is 21.6 Å². The number of hydrogen-bond acceptors (Lipinski definition) is 5. The molecule has 3 aromatic rings. The van der Waals surface area contributed by atoms with E-state index in [0.29, 0.717) is 45.4 Å². The molecule has 0 fully saturated rings. The molecule has 0 saturated heterocycles. The van der Waals surface area contributed by atoms with Crippen molar-refractivity contribution in [1.29, 1.82) is 0 Å². The molecule has 0 spiro atoms. The molecule has 0 radical (unpaired) electrons. The van der Waals surface area contributed by atoms with E-state index in [0.717, 1.165) is 0 Å². The Morgan fingerprint density at radius 2 is 2.04 bits per heavy atom. The number of pyridine rings is 1. The van der Waals surface area contributed by atoms with Crippen LogP contribution in [0, 0.1) is 0 Å². The van der Waals surface area contributed by atoms with Crippen molar-refractivity contribution >= 4 is 29.2 Å². The summed E-state index contributed by atoms with van der Waals surface area (Å²) in [4.78, 5) is 24.0. The van der Waals surface area contributed by atoms with Gasteiger partial charge in [-0.1, -0.05) is 23.2 Å². The predicted octanol–water partition coefficient (Wildman–Crippen LogP) is 2.37. The topological polar surface area (TPSA) is 103 Å². The molecule has 8 nitrogen and oxygen atoms in total. The van der Waals surface area contributed by atoms with Crippen LogP contribution < -0.4 is 5.56 Å². The summed E-state index contributed by atoms with van der Waals surface area (Å²) < 4.78 is 2.68. The zero-order chi connectivity index (χ0) is 18.4. The zero-order valence-corrected chi connectivity index (χ0v) is 14.6. The normalized spacial score (nSPS) is 15.8. The van der Waals surface area contributed by atoms with Crippen LogP contribution in [-0.2, 0) is 11.2 Å². The van der Waals surface area contributed by atoms with Gasteiger partial charge >= 0.3 is 5.97 Å². The fraction of sp³-hybridized carbons (Fsp3) is 0.188. The molecule has 3 heterocycles. The molecule has 0 amide bonds. The maximum atomic E-state index is 12.6. The minimum absolute atomic E-state index is 0.323. The lowest BCUT2D eigenvalue weighted by Crippen LogP contribution is -2.27. The average molecular weight is 392 g/mol. The Hall–Kier alpha value is -2.71. The average Bonchev–Trinajstić information content (AvgIpc) is 3.27. The van der Waals surface area contributed by atoms with Crippen molar-refractivity contribution in [3.63, 3.8) is 0 Å². The maximum Gasteiger partial charge on any atom is 0.326 e. The van der Waals surface area contributed by atoms with Crippen molar-refractivity contribution in [3.05, 3.63) is 56.7 Å². The highest BCUT2D eigenvalue weighted by Crippen LogP contribution is 2.38. The van der Waals surface area contributed by atoms with E-state index in [1.807, 2.05) is 0 Å². The van der Waals surface area contributed by atoms with Crippen molar-refractivity contribution in [2.24, 2.45) is 0 Å². The van der Waals surface area contributed by atoms with E-state index in [2.05, 4.69) is 15.5 Å². The molecule has 10 heteroatoms. The van der Waals surface area contributed by atoms with Crippen LogP contribution >= 0.6 is 23.2 Å². The highest BCUT2D eigenvalue weighted by atomic mass is 35.5. The lowest BCUT2D eigenvalue weighted by atomic mass is 10.0. The van der Waals surface area contributed by atoms with Crippen LogP contribution in [0.25, 0.3) is 16.8 Å². The van der Waals surface area contributed by atoms with E-state index in [4.69, 9.17) is 23.2 Å². The van der Waals surface area contributed by atoms with Gasteiger partial charge in [-0.2, -0.15) is 4.68 Å². The number of aromatic nitrogens is 5. The third-order valence-electron chi connectivity index (χ3n) is 4.38.